The SMILES string of the molecule is CNCCC[C@H](C)C(F)(F)P. The molecule has 0 rings (SSSR count). The minimum atomic E-state index is -2.60. The number of hydrogen-bond acceptors (Lipinski definition) is 1. The van der Waals surface area contributed by atoms with Crippen LogP contribution in [0.25, 0.3) is 0 Å². The van der Waals surface area contributed by atoms with E-state index in [4.69, 9.17) is 0 Å². The van der Waals surface area contributed by atoms with Gasteiger partial charge in [-0.3, -0.25) is 0 Å². The fraction of sp³-hybridized carbons (Fsp3) is 1.00. The Morgan fingerprint density at radius 2 is 2.09 bits per heavy atom. The topological polar surface area (TPSA) is 12.0 Å². The fourth-order valence-electron chi connectivity index (χ4n) is 0.777. The Balaban J connectivity index is 3.44. The molecular formula is C7H16F2NP. The van der Waals surface area contributed by atoms with E-state index in [2.05, 4.69) is 5.32 Å². The molecule has 1 nitrogen and oxygen atoms in total. The van der Waals surface area contributed by atoms with E-state index in [-0.39, 0.29) is 0 Å². The van der Waals surface area contributed by atoms with Crippen molar-refractivity contribution in [3.8, 4) is 0 Å². The van der Waals surface area contributed by atoms with Gasteiger partial charge >= 0.3 is 0 Å². The molecule has 0 aliphatic heterocycles. The third kappa shape index (κ3) is 5.51. The van der Waals surface area contributed by atoms with E-state index in [9.17, 15) is 8.78 Å². The molecule has 0 aromatic rings. The van der Waals surface area contributed by atoms with Crippen molar-refractivity contribution in [2.45, 2.75) is 25.4 Å². The van der Waals surface area contributed by atoms with Gasteiger partial charge < -0.3 is 5.32 Å². The zero-order valence-electron chi connectivity index (χ0n) is 7.03. The van der Waals surface area contributed by atoms with E-state index in [1.54, 1.807) is 16.2 Å². The van der Waals surface area contributed by atoms with E-state index in [0.717, 1.165) is 13.0 Å². The predicted molar refractivity (Wildman–Crippen MR) is 47.0 cm³/mol. The number of hydrogen-bond donors (Lipinski definition) is 1. The molecular weight excluding hydrogens is 167 g/mol. The highest BCUT2D eigenvalue weighted by molar-refractivity contribution is 7.18. The molecule has 68 valence electrons. The summed E-state index contributed by atoms with van der Waals surface area (Å²) in [5.74, 6) is -0.541. The summed E-state index contributed by atoms with van der Waals surface area (Å²) in [7, 11) is 3.41. The molecule has 0 amide bonds. The van der Waals surface area contributed by atoms with Crippen LogP contribution in [-0.4, -0.2) is 19.3 Å². The summed E-state index contributed by atoms with van der Waals surface area (Å²) >= 11 is 0. The van der Waals surface area contributed by atoms with Gasteiger partial charge in [0.1, 0.15) is 0 Å². The van der Waals surface area contributed by atoms with Gasteiger partial charge in [-0.05, 0) is 26.4 Å². The number of halogens is 2. The molecule has 1 N–H and O–H groups in total. The summed E-state index contributed by atoms with van der Waals surface area (Å²) in [5.41, 5.74) is -2.60. The molecule has 11 heavy (non-hydrogen) atoms. The van der Waals surface area contributed by atoms with Gasteiger partial charge in [0.05, 0.1) is 0 Å². The van der Waals surface area contributed by atoms with E-state index >= 15 is 0 Å². The largest absolute Gasteiger partial charge is 0.320 e. The molecule has 0 spiro atoms. The van der Waals surface area contributed by atoms with Crippen LogP contribution in [-0.2, 0) is 0 Å². The van der Waals surface area contributed by atoms with Crippen molar-refractivity contribution in [3.05, 3.63) is 0 Å². The third-order valence-corrected chi connectivity index (χ3v) is 2.29. The lowest BCUT2D eigenvalue weighted by molar-refractivity contribution is 0.0401. The van der Waals surface area contributed by atoms with Crippen LogP contribution in [0.1, 0.15) is 19.8 Å². The summed E-state index contributed by atoms with van der Waals surface area (Å²) in [5, 5.41) is 2.92. The van der Waals surface area contributed by atoms with Crippen molar-refractivity contribution in [3.63, 3.8) is 0 Å². The highest BCUT2D eigenvalue weighted by Gasteiger charge is 2.29. The van der Waals surface area contributed by atoms with Gasteiger partial charge in [0.25, 0.3) is 5.66 Å². The maximum absolute atomic E-state index is 12.5. The van der Waals surface area contributed by atoms with E-state index < -0.39 is 11.6 Å². The van der Waals surface area contributed by atoms with Crippen molar-refractivity contribution in [1.82, 2.24) is 5.32 Å². The normalized spacial score (nSPS) is 15.0. The Bertz CT molecular complexity index is 103. The second-order valence-corrected chi connectivity index (χ2v) is 3.59. The first kappa shape index (κ1) is 11.2. The van der Waals surface area contributed by atoms with Gasteiger partial charge in [0, 0.05) is 5.92 Å². The molecule has 0 bridgehead atoms. The highest BCUT2D eigenvalue weighted by Crippen LogP contribution is 2.33. The standard InChI is InChI=1S/C7H16F2NP/c1-6(7(8,9)11)4-3-5-10-2/h6,10H,3-5,11H2,1-2H3/t6-/m0/s1. The second kappa shape index (κ2) is 5.00. The van der Waals surface area contributed by atoms with Crippen LogP contribution in [0.5, 0.6) is 0 Å². The van der Waals surface area contributed by atoms with E-state index in [1.165, 1.54) is 0 Å². The minimum Gasteiger partial charge on any atom is -0.320 e. The van der Waals surface area contributed by atoms with Crippen molar-refractivity contribution in [1.29, 1.82) is 0 Å². The minimum absolute atomic E-state index is 0.541. The van der Waals surface area contributed by atoms with E-state index in [0.29, 0.717) is 6.42 Å². The molecule has 0 radical (unpaired) electrons. The van der Waals surface area contributed by atoms with Gasteiger partial charge in [-0.25, -0.2) is 8.78 Å². The van der Waals surface area contributed by atoms with Gasteiger partial charge in [-0.2, -0.15) is 0 Å². The molecule has 0 aromatic heterocycles. The smallest absolute Gasteiger partial charge is 0.261 e. The average Bonchev–Trinajstić information content (AvgIpc) is 1.86. The monoisotopic (exact) mass is 183 g/mol. The Morgan fingerprint density at radius 1 is 1.55 bits per heavy atom. The lowest BCUT2D eigenvalue weighted by atomic mass is 10.1. The third-order valence-electron chi connectivity index (χ3n) is 1.72. The molecule has 2 atom stereocenters. The molecule has 1 unspecified atom stereocenters. The van der Waals surface area contributed by atoms with Gasteiger partial charge in [0.2, 0.25) is 0 Å². The van der Waals surface area contributed by atoms with E-state index in [1.807, 2.05) is 7.05 Å². The summed E-state index contributed by atoms with van der Waals surface area (Å²) in [6, 6.07) is 0. The number of alkyl halides is 2. The summed E-state index contributed by atoms with van der Waals surface area (Å²) in [6.45, 7) is 2.38. The van der Waals surface area contributed by atoms with Crippen molar-refractivity contribution in [2.75, 3.05) is 13.6 Å². The van der Waals surface area contributed by atoms with Crippen LogP contribution in [0.15, 0.2) is 0 Å². The van der Waals surface area contributed by atoms with Crippen LogP contribution in [0.2, 0.25) is 0 Å². The molecule has 0 saturated carbocycles. The van der Waals surface area contributed by atoms with Gasteiger partial charge in [-0.1, -0.05) is 16.2 Å². The quantitative estimate of drug-likeness (QED) is 0.508. The van der Waals surface area contributed by atoms with Gasteiger partial charge in [-0.15, -0.1) is 0 Å². The molecule has 0 aliphatic rings. The van der Waals surface area contributed by atoms with Crippen LogP contribution < -0.4 is 5.32 Å². The average molecular weight is 183 g/mol. The lowest BCUT2D eigenvalue weighted by Gasteiger charge is -2.18. The van der Waals surface area contributed by atoms with Crippen LogP contribution >= 0.6 is 9.24 Å². The summed E-state index contributed by atoms with van der Waals surface area (Å²) in [4.78, 5) is 0. The maximum atomic E-state index is 12.5. The highest BCUT2D eigenvalue weighted by atomic mass is 31.0. The Hall–Kier alpha value is 0.250. The molecule has 0 saturated heterocycles. The maximum Gasteiger partial charge on any atom is 0.261 e. The first-order valence-corrected chi connectivity index (χ1v) is 4.37. The Labute approximate surface area is 69.1 Å². The predicted octanol–water partition coefficient (Wildman–Crippen LogP) is 2.09. The number of rotatable bonds is 5. The zero-order valence-corrected chi connectivity index (χ0v) is 8.19. The zero-order chi connectivity index (χ0) is 8.91. The lowest BCUT2D eigenvalue weighted by Crippen LogP contribution is -2.19. The first-order chi connectivity index (χ1) is 4.98. The summed E-state index contributed by atoms with van der Waals surface area (Å²) < 4.78 is 25.0. The summed E-state index contributed by atoms with van der Waals surface area (Å²) in [6.07, 6.45) is 1.37. The fourth-order valence-corrected chi connectivity index (χ4v) is 0.944. The van der Waals surface area contributed by atoms with Crippen molar-refractivity contribution in [2.24, 2.45) is 5.92 Å². The van der Waals surface area contributed by atoms with Crippen LogP contribution in [0.4, 0.5) is 8.78 Å². The Kier molecular flexibility index (Phi) is 5.11. The first-order valence-electron chi connectivity index (χ1n) is 3.79. The molecule has 0 fully saturated rings. The van der Waals surface area contributed by atoms with Crippen LogP contribution in [0, 0.1) is 5.92 Å². The van der Waals surface area contributed by atoms with Gasteiger partial charge in [0.15, 0.2) is 0 Å². The van der Waals surface area contributed by atoms with Crippen molar-refractivity contribution < 1.29 is 8.78 Å². The molecule has 4 heteroatoms. The number of nitrogens with one attached hydrogen (secondary N) is 1. The molecule has 0 aliphatic carbocycles. The van der Waals surface area contributed by atoms with Crippen molar-refractivity contribution >= 4 is 9.24 Å². The molecule has 0 heterocycles. The molecule has 0 aromatic carbocycles. The van der Waals surface area contributed by atoms with Crippen LogP contribution in [0.3, 0.4) is 0 Å². The second-order valence-electron chi connectivity index (χ2n) is 2.82. The Morgan fingerprint density at radius 3 is 2.45 bits per heavy atom.